The van der Waals surface area contributed by atoms with Gasteiger partial charge in [-0.25, -0.2) is 0 Å². The molecule has 0 unspecified atom stereocenters. The summed E-state index contributed by atoms with van der Waals surface area (Å²) < 4.78 is 10.3. The third-order valence-electron chi connectivity index (χ3n) is 2.06. The first-order chi connectivity index (χ1) is 6.02. The zero-order valence-electron chi connectivity index (χ0n) is 8.88. The highest BCUT2D eigenvalue weighted by Gasteiger charge is 2.25. The Hall–Kier alpha value is -0.920. The topological polar surface area (TPSA) is 18.5 Å². The van der Waals surface area contributed by atoms with Gasteiger partial charge in [-0.2, -0.15) is 0 Å². The van der Waals surface area contributed by atoms with E-state index < -0.39 is 0 Å². The summed E-state index contributed by atoms with van der Waals surface area (Å²) >= 11 is 0. The molecule has 0 aromatic rings. The number of rotatable bonds is 6. The lowest BCUT2D eigenvalue weighted by molar-refractivity contribution is 0.0564. The zero-order chi connectivity index (χ0) is 10.3. The van der Waals surface area contributed by atoms with Crippen LogP contribution in [-0.4, -0.2) is 13.2 Å². The van der Waals surface area contributed by atoms with Gasteiger partial charge >= 0.3 is 0 Å². The first-order valence-corrected chi connectivity index (χ1v) is 4.47. The quantitative estimate of drug-likeness (QED) is 0.591. The maximum atomic E-state index is 5.17. The van der Waals surface area contributed by atoms with Crippen molar-refractivity contribution in [3.05, 3.63) is 25.7 Å². The summed E-state index contributed by atoms with van der Waals surface area (Å²) in [5.74, 6) is 0.350. The van der Waals surface area contributed by atoms with Crippen molar-refractivity contribution in [2.75, 3.05) is 13.2 Å². The summed E-state index contributed by atoms with van der Waals surface area (Å²) in [6.45, 7) is 14.8. The summed E-state index contributed by atoms with van der Waals surface area (Å²) in [6, 6.07) is 0. The first-order valence-electron chi connectivity index (χ1n) is 4.47. The lowest BCUT2D eigenvalue weighted by Gasteiger charge is -2.29. The molecule has 0 bridgehead atoms. The molecule has 2 nitrogen and oxygen atoms in total. The van der Waals surface area contributed by atoms with Gasteiger partial charge < -0.3 is 9.47 Å². The molecule has 76 valence electrons. The van der Waals surface area contributed by atoms with Crippen molar-refractivity contribution in [3.63, 3.8) is 0 Å². The fourth-order valence-electron chi connectivity index (χ4n) is 0.917. The number of hydrogen-bond acceptors (Lipinski definition) is 2. The van der Waals surface area contributed by atoms with Crippen molar-refractivity contribution >= 4 is 0 Å². The molecule has 0 aromatic carbocycles. The Balaban J connectivity index is 4.02. The van der Waals surface area contributed by atoms with Gasteiger partial charge in [0.25, 0.3) is 0 Å². The second kappa shape index (κ2) is 5.68. The van der Waals surface area contributed by atoms with E-state index in [1.165, 1.54) is 12.5 Å². The van der Waals surface area contributed by atoms with Crippen molar-refractivity contribution in [2.24, 2.45) is 11.3 Å². The average molecular weight is 184 g/mol. The van der Waals surface area contributed by atoms with Crippen molar-refractivity contribution in [3.8, 4) is 0 Å². The molecule has 0 heterocycles. The fourth-order valence-corrected chi connectivity index (χ4v) is 0.917. The second-order valence-corrected chi connectivity index (χ2v) is 4.06. The van der Waals surface area contributed by atoms with Crippen molar-refractivity contribution in [1.29, 1.82) is 0 Å². The van der Waals surface area contributed by atoms with Gasteiger partial charge in [0.05, 0.1) is 25.7 Å². The molecule has 0 aliphatic rings. The van der Waals surface area contributed by atoms with E-state index in [1.807, 2.05) is 0 Å². The largest absolute Gasteiger partial charge is 0.501 e. The first kappa shape index (κ1) is 12.1. The standard InChI is InChI=1S/C11H20O2/c1-6-12-8-10(9-13-7-2)11(3,4)5/h6-7,10H,1-2,8-9H2,3-5H3. The molecule has 0 N–H and O–H groups in total. The predicted octanol–water partition coefficient (Wildman–Crippen LogP) is 2.97. The van der Waals surface area contributed by atoms with Crippen LogP contribution in [0.25, 0.3) is 0 Å². The summed E-state index contributed by atoms with van der Waals surface area (Å²) in [6.07, 6.45) is 2.93. The van der Waals surface area contributed by atoms with E-state index in [0.29, 0.717) is 19.1 Å². The van der Waals surface area contributed by atoms with E-state index in [0.717, 1.165) is 0 Å². The minimum absolute atomic E-state index is 0.173. The Morgan fingerprint density at radius 3 is 1.69 bits per heavy atom. The van der Waals surface area contributed by atoms with Gasteiger partial charge in [0.1, 0.15) is 0 Å². The Morgan fingerprint density at radius 1 is 1.08 bits per heavy atom. The molecule has 2 heteroatoms. The molecule has 0 spiro atoms. The summed E-state index contributed by atoms with van der Waals surface area (Å²) in [4.78, 5) is 0. The van der Waals surface area contributed by atoms with Gasteiger partial charge in [-0.15, -0.1) is 0 Å². The van der Waals surface area contributed by atoms with Crippen LogP contribution in [0.1, 0.15) is 20.8 Å². The van der Waals surface area contributed by atoms with Gasteiger partial charge in [-0.1, -0.05) is 33.9 Å². The highest BCUT2D eigenvalue weighted by molar-refractivity contribution is 4.75. The van der Waals surface area contributed by atoms with Gasteiger partial charge in [0.2, 0.25) is 0 Å². The highest BCUT2D eigenvalue weighted by atomic mass is 16.5. The lowest BCUT2D eigenvalue weighted by Crippen LogP contribution is -2.28. The van der Waals surface area contributed by atoms with E-state index in [4.69, 9.17) is 9.47 Å². The normalized spacial score (nSPS) is 11.1. The van der Waals surface area contributed by atoms with E-state index in [-0.39, 0.29) is 5.41 Å². The maximum Gasteiger partial charge on any atom is 0.0938 e. The van der Waals surface area contributed by atoms with Gasteiger partial charge in [0, 0.05) is 5.92 Å². The molecule has 0 saturated carbocycles. The van der Waals surface area contributed by atoms with Crippen LogP contribution in [0.4, 0.5) is 0 Å². The Labute approximate surface area is 81.2 Å². The van der Waals surface area contributed by atoms with Crippen LogP contribution >= 0.6 is 0 Å². The summed E-state index contributed by atoms with van der Waals surface area (Å²) in [5, 5.41) is 0. The molecular formula is C11H20O2. The molecule has 0 aliphatic carbocycles. The van der Waals surface area contributed by atoms with E-state index in [2.05, 4.69) is 33.9 Å². The second-order valence-electron chi connectivity index (χ2n) is 4.06. The monoisotopic (exact) mass is 184 g/mol. The third-order valence-corrected chi connectivity index (χ3v) is 2.06. The van der Waals surface area contributed by atoms with E-state index in [1.54, 1.807) is 0 Å². The third kappa shape index (κ3) is 5.34. The summed E-state index contributed by atoms with van der Waals surface area (Å²) in [5.41, 5.74) is 0.173. The van der Waals surface area contributed by atoms with Crippen molar-refractivity contribution in [1.82, 2.24) is 0 Å². The predicted molar refractivity (Wildman–Crippen MR) is 55.2 cm³/mol. The van der Waals surface area contributed by atoms with Gasteiger partial charge in [-0.3, -0.25) is 0 Å². The van der Waals surface area contributed by atoms with Crippen molar-refractivity contribution in [2.45, 2.75) is 20.8 Å². The average Bonchev–Trinajstić information content (AvgIpc) is 2.02. The van der Waals surface area contributed by atoms with Crippen LogP contribution in [-0.2, 0) is 9.47 Å². The molecule has 0 amide bonds. The van der Waals surface area contributed by atoms with Gasteiger partial charge in [0.15, 0.2) is 0 Å². The van der Waals surface area contributed by atoms with Crippen LogP contribution in [0, 0.1) is 11.3 Å². The fraction of sp³-hybridized carbons (Fsp3) is 0.636. The Morgan fingerprint density at radius 2 is 1.46 bits per heavy atom. The van der Waals surface area contributed by atoms with Crippen LogP contribution in [0.15, 0.2) is 25.7 Å². The van der Waals surface area contributed by atoms with Crippen molar-refractivity contribution < 1.29 is 9.47 Å². The molecule has 0 fully saturated rings. The molecule has 13 heavy (non-hydrogen) atoms. The highest BCUT2D eigenvalue weighted by Crippen LogP contribution is 2.26. The van der Waals surface area contributed by atoms with Crippen LogP contribution < -0.4 is 0 Å². The molecule has 0 saturated heterocycles. The minimum atomic E-state index is 0.173. The lowest BCUT2D eigenvalue weighted by atomic mass is 9.82. The molecule has 0 aromatic heterocycles. The zero-order valence-corrected chi connectivity index (χ0v) is 8.88. The molecule has 0 aliphatic heterocycles. The van der Waals surface area contributed by atoms with E-state index >= 15 is 0 Å². The summed E-state index contributed by atoms with van der Waals surface area (Å²) in [7, 11) is 0. The Bertz CT molecular complexity index is 144. The Kier molecular flexibility index (Phi) is 5.28. The van der Waals surface area contributed by atoms with Crippen LogP contribution in [0.5, 0.6) is 0 Å². The number of hydrogen-bond donors (Lipinski definition) is 0. The minimum Gasteiger partial charge on any atom is -0.501 e. The van der Waals surface area contributed by atoms with E-state index in [9.17, 15) is 0 Å². The molecular weight excluding hydrogens is 164 g/mol. The molecule has 0 rings (SSSR count). The molecule has 0 atom stereocenters. The SMILES string of the molecule is C=COCC(COC=C)C(C)(C)C. The maximum absolute atomic E-state index is 5.17. The molecule has 0 radical (unpaired) electrons. The number of ether oxygens (including phenoxy) is 2. The smallest absolute Gasteiger partial charge is 0.0938 e. The van der Waals surface area contributed by atoms with Crippen LogP contribution in [0.2, 0.25) is 0 Å². The van der Waals surface area contributed by atoms with Gasteiger partial charge in [-0.05, 0) is 5.41 Å². The van der Waals surface area contributed by atoms with Crippen LogP contribution in [0.3, 0.4) is 0 Å².